The lowest BCUT2D eigenvalue weighted by atomic mass is 10.0. The molecule has 7 heteroatoms. The maximum Gasteiger partial charge on any atom is 0.354 e. The Morgan fingerprint density at radius 3 is 2.52 bits per heavy atom. The molecule has 1 heterocycles. The minimum absolute atomic E-state index is 0.104. The number of phenols is 1. The number of aryl methyl sites for hydroxylation is 2. The van der Waals surface area contributed by atoms with Gasteiger partial charge >= 0.3 is 5.97 Å². The first kappa shape index (κ1) is 22.4. The molecule has 0 amide bonds. The second-order valence-corrected chi connectivity index (χ2v) is 7.79. The molecule has 0 fully saturated rings. The summed E-state index contributed by atoms with van der Waals surface area (Å²) in [4.78, 5) is 15.2. The summed E-state index contributed by atoms with van der Waals surface area (Å²) in [7, 11) is 0. The SMILES string of the molecule is CCOC(=O)c1cc2c(C)c(Oc3ccc(O)c(C(O)c4ccc(F)cc4)c3)c(C)cc2[nH]1. The third-order valence-corrected chi connectivity index (χ3v) is 5.51. The summed E-state index contributed by atoms with van der Waals surface area (Å²) < 4.78 is 24.5. The molecule has 1 aromatic heterocycles. The Hall–Kier alpha value is -3.84. The van der Waals surface area contributed by atoms with E-state index in [-0.39, 0.29) is 17.9 Å². The number of carbonyl (C=O) groups is 1. The highest BCUT2D eigenvalue weighted by atomic mass is 19.1. The van der Waals surface area contributed by atoms with Gasteiger partial charge < -0.3 is 24.7 Å². The van der Waals surface area contributed by atoms with Gasteiger partial charge in [0, 0.05) is 22.0 Å². The Labute approximate surface area is 190 Å². The predicted molar refractivity (Wildman–Crippen MR) is 122 cm³/mol. The van der Waals surface area contributed by atoms with Gasteiger partial charge in [-0.2, -0.15) is 0 Å². The maximum absolute atomic E-state index is 13.2. The number of rotatable bonds is 6. The standard InChI is InChI=1S/C26H24FNO5/c1-4-32-26(31)22-13-19-15(3)25(14(2)11-21(19)28-22)33-18-9-10-23(29)20(12-18)24(30)16-5-7-17(27)8-6-16/h5-13,24,28-30H,4H2,1-3H3. The number of phenolic OH excluding ortho intramolecular Hbond substituents is 1. The van der Waals surface area contributed by atoms with E-state index < -0.39 is 17.9 Å². The fourth-order valence-electron chi connectivity index (χ4n) is 3.83. The number of aromatic hydroxyl groups is 1. The molecule has 33 heavy (non-hydrogen) atoms. The molecule has 170 valence electrons. The van der Waals surface area contributed by atoms with Crippen molar-refractivity contribution in [3.05, 3.63) is 88.4 Å². The summed E-state index contributed by atoms with van der Waals surface area (Å²) in [6, 6.07) is 13.6. The largest absolute Gasteiger partial charge is 0.508 e. The number of halogens is 1. The summed E-state index contributed by atoms with van der Waals surface area (Å²) in [6.07, 6.45) is -1.16. The maximum atomic E-state index is 13.2. The molecule has 3 N–H and O–H groups in total. The zero-order valence-corrected chi connectivity index (χ0v) is 18.5. The van der Waals surface area contributed by atoms with E-state index in [1.165, 1.54) is 30.3 Å². The van der Waals surface area contributed by atoms with Gasteiger partial charge in [0.25, 0.3) is 0 Å². The Morgan fingerprint density at radius 1 is 1.09 bits per heavy atom. The second-order valence-electron chi connectivity index (χ2n) is 7.79. The van der Waals surface area contributed by atoms with Crippen LogP contribution in [0.4, 0.5) is 4.39 Å². The van der Waals surface area contributed by atoms with Crippen LogP contribution in [0.25, 0.3) is 10.9 Å². The summed E-state index contributed by atoms with van der Waals surface area (Å²) in [5, 5.41) is 21.8. The third-order valence-electron chi connectivity index (χ3n) is 5.51. The highest BCUT2D eigenvalue weighted by Crippen LogP contribution is 2.38. The van der Waals surface area contributed by atoms with Crippen LogP contribution in [-0.2, 0) is 4.74 Å². The van der Waals surface area contributed by atoms with Crippen molar-refractivity contribution in [2.24, 2.45) is 0 Å². The highest BCUT2D eigenvalue weighted by Gasteiger charge is 2.19. The number of aliphatic hydroxyl groups is 1. The van der Waals surface area contributed by atoms with Gasteiger partial charge in [0.15, 0.2) is 0 Å². The minimum Gasteiger partial charge on any atom is -0.508 e. The lowest BCUT2D eigenvalue weighted by Gasteiger charge is -2.17. The molecule has 0 aliphatic rings. The topological polar surface area (TPSA) is 91.8 Å². The molecule has 0 spiro atoms. The molecule has 1 unspecified atom stereocenters. The summed E-state index contributed by atoms with van der Waals surface area (Å²) in [5.74, 6) is 0.0731. The van der Waals surface area contributed by atoms with Gasteiger partial charge in [0.1, 0.15) is 34.9 Å². The molecule has 0 radical (unpaired) electrons. The third kappa shape index (κ3) is 4.40. The fraction of sp³-hybridized carbons (Fsp3) is 0.192. The lowest BCUT2D eigenvalue weighted by molar-refractivity contribution is 0.0520. The Balaban J connectivity index is 1.68. The first-order chi connectivity index (χ1) is 15.8. The Kier molecular flexibility index (Phi) is 6.07. The number of ether oxygens (including phenoxy) is 2. The van der Waals surface area contributed by atoms with Gasteiger partial charge in [-0.1, -0.05) is 12.1 Å². The van der Waals surface area contributed by atoms with E-state index in [9.17, 15) is 19.4 Å². The molecule has 0 aliphatic heterocycles. The first-order valence-corrected chi connectivity index (χ1v) is 10.5. The van der Waals surface area contributed by atoms with Crippen molar-refractivity contribution in [1.29, 1.82) is 0 Å². The van der Waals surface area contributed by atoms with Crippen LogP contribution >= 0.6 is 0 Å². The van der Waals surface area contributed by atoms with Crippen LogP contribution in [0.15, 0.2) is 54.6 Å². The van der Waals surface area contributed by atoms with Gasteiger partial charge in [0.2, 0.25) is 0 Å². The van der Waals surface area contributed by atoms with Crippen LogP contribution in [0.1, 0.15) is 45.8 Å². The van der Waals surface area contributed by atoms with Crippen molar-refractivity contribution >= 4 is 16.9 Å². The van der Waals surface area contributed by atoms with E-state index >= 15 is 0 Å². The van der Waals surface area contributed by atoms with Crippen molar-refractivity contribution < 1.29 is 28.9 Å². The molecule has 0 aliphatic carbocycles. The van der Waals surface area contributed by atoms with Crippen LogP contribution < -0.4 is 4.74 Å². The zero-order chi connectivity index (χ0) is 23.7. The average Bonchev–Trinajstić information content (AvgIpc) is 3.22. The number of carbonyl (C=O) groups excluding carboxylic acids is 1. The van der Waals surface area contributed by atoms with Crippen LogP contribution in [0.5, 0.6) is 17.2 Å². The molecule has 3 aromatic carbocycles. The highest BCUT2D eigenvalue weighted by molar-refractivity contribution is 5.97. The zero-order valence-electron chi connectivity index (χ0n) is 18.5. The smallest absolute Gasteiger partial charge is 0.354 e. The van der Waals surface area contributed by atoms with Crippen molar-refractivity contribution in [2.75, 3.05) is 6.61 Å². The number of aromatic nitrogens is 1. The summed E-state index contributed by atoms with van der Waals surface area (Å²) in [5.41, 5.74) is 3.49. The molecule has 0 bridgehead atoms. The normalized spacial score (nSPS) is 12.0. The molecule has 0 saturated heterocycles. The average molecular weight is 449 g/mol. The van der Waals surface area contributed by atoms with Crippen molar-refractivity contribution in [3.8, 4) is 17.2 Å². The van der Waals surface area contributed by atoms with Gasteiger partial charge in [0.05, 0.1) is 6.61 Å². The number of aromatic amines is 1. The van der Waals surface area contributed by atoms with Gasteiger partial charge in [-0.15, -0.1) is 0 Å². The molecule has 6 nitrogen and oxygen atoms in total. The van der Waals surface area contributed by atoms with Crippen LogP contribution in [0, 0.1) is 19.7 Å². The number of hydrogen-bond donors (Lipinski definition) is 3. The first-order valence-electron chi connectivity index (χ1n) is 10.5. The van der Waals surface area contributed by atoms with Crippen LogP contribution in [0.2, 0.25) is 0 Å². The van der Waals surface area contributed by atoms with E-state index in [4.69, 9.17) is 9.47 Å². The second kappa shape index (κ2) is 8.96. The van der Waals surface area contributed by atoms with E-state index in [0.717, 1.165) is 22.0 Å². The van der Waals surface area contributed by atoms with Gasteiger partial charge in [-0.05, 0) is 74.4 Å². The van der Waals surface area contributed by atoms with Gasteiger partial charge in [-0.25, -0.2) is 9.18 Å². The molecule has 0 saturated carbocycles. The molecule has 4 aromatic rings. The molecule has 1 atom stereocenters. The van der Waals surface area contributed by atoms with E-state index in [1.807, 2.05) is 19.9 Å². The van der Waals surface area contributed by atoms with Crippen molar-refractivity contribution in [2.45, 2.75) is 26.9 Å². The van der Waals surface area contributed by atoms with Crippen LogP contribution in [-0.4, -0.2) is 27.8 Å². The predicted octanol–water partition coefficient (Wildman–Crippen LogP) is 5.68. The number of esters is 1. The number of fused-ring (bicyclic) bond motifs is 1. The molecule has 4 rings (SSSR count). The van der Waals surface area contributed by atoms with E-state index in [2.05, 4.69) is 4.98 Å². The molecular weight excluding hydrogens is 425 g/mol. The van der Waals surface area contributed by atoms with Crippen molar-refractivity contribution in [1.82, 2.24) is 4.98 Å². The number of benzene rings is 3. The van der Waals surface area contributed by atoms with Crippen LogP contribution in [0.3, 0.4) is 0 Å². The van der Waals surface area contributed by atoms with E-state index in [1.54, 1.807) is 25.1 Å². The number of H-pyrrole nitrogens is 1. The number of nitrogens with one attached hydrogen (secondary N) is 1. The van der Waals surface area contributed by atoms with Crippen molar-refractivity contribution in [3.63, 3.8) is 0 Å². The summed E-state index contributed by atoms with van der Waals surface area (Å²) in [6.45, 7) is 5.82. The minimum atomic E-state index is -1.16. The fourth-order valence-corrected chi connectivity index (χ4v) is 3.83. The molecular formula is C26H24FNO5. The monoisotopic (exact) mass is 449 g/mol. The lowest BCUT2D eigenvalue weighted by Crippen LogP contribution is -2.04. The quantitative estimate of drug-likeness (QED) is 0.330. The van der Waals surface area contributed by atoms with Gasteiger partial charge in [-0.3, -0.25) is 0 Å². The number of aliphatic hydroxyl groups excluding tert-OH is 1. The van der Waals surface area contributed by atoms with E-state index in [0.29, 0.717) is 22.8 Å². The summed E-state index contributed by atoms with van der Waals surface area (Å²) >= 11 is 0. The Morgan fingerprint density at radius 2 is 1.82 bits per heavy atom. The Bertz CT molecular complexity index is 1330. The number of hydrogen-bond acceptors (Lipinski definition) is 5.